The third-order valence-electron chi connectivity index (χ3n) is 3.10. The van der Waals surface area contributed by atoms with Crippen LogP contribution in [-0.2, 0) is 9.53 Å². The summed E-state index contributed by atoms with van der Waals surface area (Å²) >= 11 is 0. The lowest BCUT2D eigenvalue weighted by atomic mass is 9.98. The van der Waals surface area contributed by atoms with Crippen LogP contribution in [0.5, 0.6) is 0 Å². The Bertz CT molecular complexity index is 292. The van der Waals surface area contributed by atoms with Crippen LogP contribution in [0.3, 0.4) is 0 Å². The van der Waals surface area contributed by atoms with E-state index in [1.54, 1.807) is 11.9 Å². The number of rotatable bonds is 2. The Morgan fingerprint density at radius 2 is 2.13 bits per heavy atom. The van der Waals surface area contributed by atoms with E-state index in [0.29, 0.717) is 19.8 Å². The van der Waals surface area contributed by atoms with Gasteiger partial charge in [0.05, 0.1) is 25.2 Å². The molecule has 84 valence electrons. The lowest BCUT2D eigenvalue weighted by Crippen LogP contribution is -2.60. The van der Waals surface area contributed by atoms with Crippen LogP contribution in [0.15, 0.2) is 0 Å². The fourth-order valence-electron chi connectivity index (χ4n) is 2.27. The summed E-state index contributed by atoms with van der Waals surface area (Å²) in [4.78, 5) is 26.6. The van der Waals surface area contributed by atoms with E-state index in [9.17, 15) is 9.59 Å². The number of carbonyl (C=O) groups excluding carboxylic acids is 2. The molecular weight excluding hydrogens is 196 g/mol. The zero-order valence-corrected chi connectivity index (χ0v) is 9.10. The molecule has 2 atom stereocenters. The van der Waals surface area contributed by atoms with Crippen LogP contribution in [0.4, 0.5) is 4.79 Å². The maximum Gasteiger partial charge on any atom is 0.326 e. The summed E-state index contributed by atoms with van der Waals surface area (Å²) in [5.41, 5.74) is 0. The van der Waals surface area contributed by atoms with Crippen molar-refractivity contribution in [2.45, 2.75) is 19.4 Å². The Hall–Kier alpha value is -1.10. The van der Waals surface area contributed by atoms with Crippen molar-refractivity contribution in [3.05, 3.63) is 0 Å². The van der Waals surface area contributed by atoms with Gasteiger partial charge in [0.2, 0.25) is 5.91 Å². The molecule has 0 aromatic carbocycles. The average Bonchev–Trinajstić information content (AvgIpc) is 2.70. The molecule has 2 heterocycles. The van der Waals surface area contributed by atoms with Crippen molar-refractivity contribution in [1.29, 1.82) is 0 Å². The molecule has 0 saturated carbocycles. The summed E-state index contributed by atoms with van der Waals surface area (Å²) in [6, 6.07) is -0.227. The Morgan fingerprint density at radius 3 is 2.80 bits per heavy atom. The highest BCUT2D eigenvalue weighted by Gasteiger charge is 2.47. The molecular formula is C10H16N2O3. The summed E-state index contributed by atoms with van der Waals surface area (Å²) in [6.07, 6.45) is 0.900. The fraction of sp³-hybridized carbons (Fsp3) is 0.800. The van der Waals surface area contributed by atoms with Crippen LogP contribution in [0.25, 0.3) is 0 Å². The molecule has 0 aromatic heterocycles. The van der Waals surface area contributed by atoms with Crippen molar-refractivity contribution in [2.24, 2.45) is 5.92 Å². The molecule has 2 rings (SSSR count). The van der Waals surface area contributed by atoms with Crippen LogP contribution < -0.4 is 0 Å². The van der Waals surface area contributed by atoms with E-state index in [0.717, 1.165) is 6.42 Å². The number of ether oxygens (including phenoxy) is 1. The van der Waals surface area contributed by atoms with Gasteiger partial charge >= 0.3 is 6.03 Å². The Kier molecular flexibility index (Phi) is 2.65. The van der Waals surface area contributed by atoms with Gasteiger partial charge in [-0.3, -0.25) is 9.69 Å². The number of imide groups is 1. The number of nitrogens with zero attached hydrogens (tertiary/aromatic N) is 2. The summed E-state index contributed by atoms with van der Waals surface area (Å²) in [7, 11) is 1.54. The van der Waals surface area contributed by atoms with Crippen LogP contribution in [-0.4, -0.2) is 54.6 Å². The first-order chi connectivity index (χ1) is 7.16. The lowest BCUT2D eigenvalue weighted by Gasteiger charge is -2.39. The minimum Gasteiger partial charge on any atom is -0.378 e. The van der Waals surface area contributed by atoms with E-state index in [-0.39, 0.29) is 23.9 Å². The molecule has 15 heavy (non-hydrogen) atoms. The first-order valence-corrected chi connectivity index (χ1v) is 5.32. The highest BCUT2D eigenvalue weighted by Crippen LogP contribution is 2.27. The van der Waals surface area contributed by atoms with Gasteiger partial charge in [-0.2, -0.15) is 0 Å². The zero-order valence-electron chi connectivity index (χ0n) is 9.10. The van der Waals surface area contributed by atoms with Gasteiger partial charge in [-0.15, -0.1) is 0 Å². The van der Waals surface area contributed by atoms with E-state index in [1.807, 2.05) is 6.92 Å². The van der Waals surface area contributed by atoms with Crippen molar-refractivity contribution in [1.82, 2.24) is 9.80 Å². The fourth-order valence-corrected chi connectivity index (χ4v) is 2.27. The second-order valence-corrected chi connectivity index (χ2v) is 4.08. The van der Waals surface area contributed by atoms with E-state index < -0.39 is 0 Å². The maximum atomic E-state index is 11.8. The Balaban J connectivity index is 2.23. The van der Waals surface area contributed by atoms with E-state index in [2.05, 4.69) is 0 Å². The van der Waals surface area contributed by atoms with Crippen molar-refractivity contribution < 1.29 is 14.3 Å². The molecule has 5 heteroatoms. The molecule has 2 saturated heterocycles. The van der Waals surface area contributed by atoms with Crippen molar-refractivity contribution in [2.75, 3.05) is 26.8 Å². The third-order valence-corrected chi connectivity index (χ3v) is 3.10. The van der Waals surface area contributed by atoms with Gasteiger partial charge in [0.15, 0.2) is 0 Å². The monoisotopic (exact) mass is 212 g/mol. The standard InChI is InChI=1S/C10H16N2O3/c1-3-4-12-8-6-15-5-7(8)9(13)11(2)10(12)14/h7-8H,3-6H2,1-2H3. The van der Waals surface area contributed by atoms with Gasteiger partial charge in [-0.1, -0.05) is 6.92 Å². The lowest BCUT2D eigenvalue weighted by molar-refractivity contribution is -0.135. The summed E-state index contributed by atoms with van der Waals surface area (Å²) in [5.74, 6) is -0.255. The maximum absolute atomic E-state index is 11.8. The second kappa shape index (κ2) is 3.81. The van der Waals surface area contributed by atoms with Crippen LogP contribution in [0.1, 0.15) is 13.3 Å². The minimum atomic E-state index is -0.186. The van der Waals surface area contributed by atoms with Gasteiger partial charge in [0, 0.05) is 13.6 Å². The van der Waals surface area contributed by atoms with Crippen LogP contribution >= 0.6 is 0 Å². The predicted octanol–water partition coefficient (Wildman–Crippen LogP) is 0.305. The summed E-state index contributed by atoms with van der Waals surface area (Å²) in [5, 5.41) is 0. The van der Waals surface area contributed by atoms with Crippen molar-refractivity contribution in [3.8, 4) is 0 Å². The first-order valence-electron chi connectivity index (χ1n) is 5.32. The average molecular weight is 212 g/mol. The van der Waals surface area contributed by atoms with Crippen LogP contribution in [0.2, 0.25) is 0 Å². The number of amides is 3. The third kappa shape index (κ3) is 1.51. The zero-order chi connectivity index (χ0) is 11.0. The number of urea groups is 1. The van der Waals surface area contributed by atoms with Gasteiger partial charge in [-0.05, 0) is 6.42 Å². The SMILES string of the molecule is CCCN1C(=O)N(C)C(=O)C2COCC21. The summed E-state index contributed by atoms with van der Waals surface area (Å²) in [6.45, 7) is 3.66. The molecule has 2 fully saturated rings. The highest BCUT2D eigenvalue weighted by atomic mass is 16.5. The largest absolute Gasteiger partial charge is 0.378 e. The molecule has 5 nitrogen and oxygen atoms in total. The van der Waals surface area contributed by atoms with Gasteiger partial charge in [0.1, 0.15) is 0 Å². The first kappa shape index (κ1) is 10.4. The number of carbonyl (C=O) groups is 2. The molecule has 0 aromatic rings. The number of hydrogen-bond donors (Lipinski definition) is 0. The van der Waals surface area contributed by atoms with Gasteiger partial charge in [-0.25, -0.2) is 4.79 Å². The van der Waals surface area contributed by atoms with Crippen molar-refractivity contribution >= 4 is 11.9 Å². The van der Waals surface area contributed by atoms with Crippen LogP contribution in [0, 0.1) is 5.92 Å². The van der Waals surface area contributed by atoms with E-state index >= 15 is 0 Å². The number of fused-ring (bicyclic) bond motifs is 1. The molecule has 3 amide bonds. The molecule has 0 radical (unpaired) electrons. The quantitative estimate of drug-likeness (QED) is 0.661. The molecule has 2 aliphatic heterocycles. The normalized spacial score (nSPS) is 31.1. The van der Waals surface area contributed by atoms with E-state index in [4.69, 9.17) is 4.74 Å². The Morgan fingerprint density at radius 1 is 1.40 bits per heavy atom. The highest BCUT2D eigenvalue weighted by molar-refractivity contribution is 5.98. The predicted molar refractivity (Wildman–Crippen MR) is 53.3 cm³/mol. The molecule has 0 spiro atoms. The number of hydrogen-bond acceptors (Lipinski definition) is 3. The molecule has 2 unspecified atom stereocenters. The smallest absolute Gasteiger partial charge is 0.326 e. The topological polar surface area (TPSA) is 49.9 Å². The van der Waals surface area contributed by atoms with Gasteiger partial charge < -0.3 is 9.64 Å². The Labute approximate surface area is 89.0 Å². The minimum absolute atomic E-state index is 0.0406. The van der Waals surface area contributed by atoms with E-state index in [1.165, 1.54) is 4.90 Å². The molecule has 0 N–H and O–H groups in total. The summed E-state index contributed by atoms with van der Waals surface area (Å²) < 4.78 is 5.29. The van der Waals surface area contributed by atoms with Gasteiger partial charge in [0.25, 0.3) is 0 Å². The molecule has 0 aliphatic carbocycles. The molecule has 2 aliphatic rings. The molecule has 0 bridgehead atoms. The second-order valence-electron chi connectivity index (χ2n) is 4.08. The van der Waals surface area contributed by atoms with Crippen molar-refractivity contribution in [3.63, 3.8) is 0 Å².